The monoisotopic (exact) mass is 215 g/mol. The van der Waals surface area contributed by atoms with Crippen LogP contribution in [-0.2, 0) is 0 Å². The molecular formula is C13H13NS. The zero-order chi connectivity index (χ0) is 10.1. The van der Waals surface area contributed by atoms with Gasteiger partial charge in [0.2, 0.25) is 0 Å². The van der Waals surface area contributed by atoms with E-state index < -0.39 is 0 Å². The smallest absolute Gasteiger partial charge is 0.0701 e. The molecule has 76 valence electrons. The molecule has 0 spiro atoms. The van der Waals surface area contributed by atoms with Gasteiger partial charge in [-0.25, -0.2) is 0 Å². The topological polar surface area (TPSA) is 12.4 Å². The number of thioether (sulfide) groups is 1. The summed E-state index contributed by atoms with van der Waals surface area (Å²) in [5.74, 6) is 1.27. The molecule has 0 saturated carbocycles. The minimum absolute atomic E-state index is 0.692. The van der Waals surface area contributed by atoms with Gasteiger partial charge in [-0.1, -0.05) is 24.3 Å². The number of hydrogen-bond donors (Lipinski definition) is 0. The fraction of sp³-hybridized carbons (Fsp3) is 0.308. The first kappa shape index (κ1) is 9.22. The third-order valence-electron chi connectivity index (χ3n) is 3.00. The van der Waals surface area contributed by atoms with E-state index in [0.29, 0.717) is 5.25 Å². The highest BCUT2D eigenvalue weighted by Gasteiger charge is 2.21. The lowest BCUT2D eigenvalue weighted by Gasteiger charge is -2.09. The number of fused-ring (bicyclic) bond motifs is 2. The number of para-hydroxylation sites is 1. The number of rotatable bonds is 0. The van der Waals surface area contributed by atoms with E-state index in [-0.39, 0.29) is 0 Å². The zero-order valence-electron chi connectivity index (χ0n) is 8.52. The lowest BCUT2D eigenvalue weighted by Crippen LogP contribution is -2.29. The van der Waals surface area contributed by atoms with E-state index in [9.17, 15) is 0 Å². The van der Waals surface area contributed by atoms with Crippen molar-refractivity contribution in [2.75, 3.05) is 5.75 Å². The van der Waals surface area contributed by atoms with E-state index in [2.05, 4.69) is 47.1 Å². The maximum Gasteiger partial charge on any atom is 0.0701 e. The molecule has 2 aliphatic rings. The Kier molecular flexibility index (Phi) is 2.37. The molecule has 1 unspecified atom stereocenters. The van der Waals surface area contributed by atoms with Crippen molar-refractivity contribution in [2.45, 2.75) is 18.1 Å². The quantitative estimate of drug-likeness (QED) is 0.643. The molecule has 1 atom stereocenters. The second-order valence-corrected chi connectivity index (χ2v) is 5.21. The van der Waals surface area contributed by atoms with E-state index in [1.165, 1.54) is 17.4 Å². The van der Waals surface area contributed by atoms with Crippen LogP contribution in [-0.4, -0.2) is 11.0 Å². The maximum absolute atomic E-state index is 4.50. The van der Waals surface area contributed by atoms with Gasteiger partial charge in [-0.15, -0.1) is 0 Å². The maximum atomic E-state index is 4.50. The number of benzene rings is 1. The van der Waals surface area contributed by atoms with Crippen molar-refractivity contribution < 1.29 is 0 Å². The molecule has 1 nitrogen and oxygen atoms in total. The molecule has 1 aromatic carbocycles. The second kappa shape index (κ2) is 3.86. The van der Waals surface area contributed by atoms with Gasteiger partial charge in [0.15, 0.2) is 0 Å². The third-order valence-corrected chi connectivity index (χ3v) is 4.32. The van der Waals surface area contributed by atoms with Gasteiger partial charge in [-0.05, 0) is 30.2 Å². The molecule has 0 amide bonds. The molecular weight excluding hydrogens is 202 g/mol. The summed E-state index contributed by atoms with van der Waals surface area (Å²) in [4.78, 5) is 4.50. The highest BCUT2D eigenvalue weighted by Crippen LogP contribution is 2.34. The van der Waals surface area contributed by atoms with E-state index in [1.807, 2.05) is 6.20 Å². The van der Waals surface area contributed by atoms with Crippen LogP contribution in [0.25, 0.3) is 5.57 Å². The van der Waals surface area contributed by atoms with Crippen molar-refractivity contribution in [3.63, 3.8) is 0 Å². The van der Waals surface area contributed by atoms with Crippen molar-refractivity contribution >= 4 is 17.3 Å². The Labute approximate surface area is 93.6 Å². The molecule has 3 rings (SSSR count). The zero-order valence-corrected chi connectivity index (χ0v) is 9.33. The fourth-order valence-electron chi connectivity index (χ4n) is 2.27. The van der Waals surface area contributed by atoms with Crippen LogP contribution >= 0.6 is 11.8 Å². The fourth-order valence-corrected chi connectivity index (χ4v) is 3.58. The Hall–Kier alpha value is -1.02. The van der Waals surface area contributed by atoms with Crippen molar-refractivity contribution in [1.29, 1.82) is 0 Å². The summed E-state index contributed by atoms with van der Waals surface area (Å²) in [5, 5.41) is 3.20. The summed E-state index contributed by atoms with van der Waals surface area (Å²) in [7, 11) is 0. The van der Waals surface area contributed by atoms with Crippen molar-refractivity contribution in [1.82, 2.24) is 0 Å². The van der Waals surface area contributed by atoms with Crippen LogP contribution < -0.4 is 10.6 Å². The van der Waals surface area contributed by atoms with Crippen LogP contribution in [0.3, 0.4) is 0 Å². The Morgan fingerprint density at radius 1 is 1.27 bits per heavy atom. The summed E-state index contributed by atoms with van der Waals surface area (Å²) in [6, 6.07) is 8.51. The predicted molar refractivity (Wildman–Crippen MR) is 65.3 cm³/mol. The summed E-state index contributed by atoms with van der Waals surface area (Å²) in [6.07, 6.45) is 6.51. The predicted octanol–water partition coefficient (Wildman–Crippen LogP) is 1.88. The van der Waals surface area contributed by atoms with E-state index >= 15 is 0 Å². The number of hydrogen-bond acceptors (Lipinski definition) is 2. The molecule has 0 bridgehead atoms. The Morgan fingerprint density at radius 2 is 2.20 bits per heavy atom. The lowest BCUT2D eigenvalue weighted by atomic mass is 10.0. The van der Waals surface area contributed by atoms with Crippen molar-refractivity contribution in [3.8, 4) is 0 Å². The highest BCUT2D eigenvalue weighted by molar-refractivity contribution is 8.00. The van der Waals surface area contributed by atoms with Gasteiger partial charge < -0.3 is 0 Å². The minimum Gasteiger partial charge on any atom is -0.257 e. The normalized spacial score (nSPS) is 31.7. The van der Waals surface area contributed by atoms with Gasteiger partial charge in [0.25, 0.3) is 0 Å². The molecule has 0 aromatic heterocycles. The summed E-state index contributed by atoms with van der Waals surface area (Å²) in [5.41, 5.74) is 1.60. The van der Waals surface area contributed by atoms with E-state index in [4.69, 9.17) is 0 Å². The minimum atomic E-state index is 0.692. The molecule has 1 saturated heterocycles. The van der Waals surface area contributed by atoms with Crippen molar-refractivity contribution in [2.24, 2.45) is 4.99 Å². The third kappa shape index (κ3) is 1.63. The van der Waals surface area contributed by atoms with Gasteiger partial charge in [0.1, 0.15) is 0 Å². The van der Waals surface area contributed by atoms with Gasteiger partial charge in [-0.2, -0.15) is 11.8 Å². The largest absolute Gasteiger partial charge is 0.257 e. The summed E-state index contributed by atoms with van der Waals surface area (Å²) in [6.45, 7) is 0. The molecule has 2 heteroatoms. The van der Waals surface area contributed by atoms with Crippen LogP contribution in [0, 0.1) is 0 Å². The van der Waals surface area contributed by atoms with E-state index in [1.54, 1.807) is 5.57 Å². The van der Waals surface area contributed by atoms with Crippen LogP contribution in [0.1, 0.15) is 12.8 Å². The molecule has 1 aromatic rings. The number of allylic oxidation sites excluding steroid dienone is 1. The molecule has 1 fully saturated rings. The lowest BCUT2D eigenvalue weighted by molar-refractivity contribution is 1.04. The van der Waals surface area contributed by atoms with Crippen LogP contribution in [0.2, 0.25) is 0 Å². The summed E-state index contributed by atoms with van der Waals surface area (Å²) < 4.78 is 0. The van der Waals surface area contributed by atoms with Crippen LogP contribution in [0.4, 0.5) is 0 Å². The van der Waals surface area contributed by atoms with Gasteiger partial charge >= 0.3 is 0 Å². The number of nitrogens with zero attached hydrogens (tertiary/aromatic N) is 1. The SMILES string of the molecule is C1=C/N=c2/cccc/c2=C2\CCSC2C\1. The average molecular weight is 215 g/mol. The van der Waals surface area contributed by atoms with E-state index in [0.717, 1.165) is 11.8 Å². The van der Waals surface area contributed by atoms with Crippen molar-refractivity contribution in [3.05, 3.63) is 47.1 Å². The molecule has 0 aliphatic carbocycles. The Balaban J connectivity index is 2.36. The highest BCUT2D eigenvalue weighted by atomic mass is 32.2. The first-order chi connectivity index (χ1) is 7.45. The van der Waals surface area contributed by atoms with Gasteiger partial charge in [0, 0.05) is 16.7 Å². The first-order valence-electron chi connectivity index (χ1n) is 5.38. The summed E-state index contributed by atoms with van der Waals surface area (Å²) >= 11 is 2.08. The molecule has 2 heterocycles. The average Bonchev–Trinajstić information content (AvgIpc) is 2.69. The Morgan fingerprint density at radius 3 is 3.20 bits per heavy atom. The van der Waals surface area contributed by atoms with Gasteiger partial charge in [-0.3, -0.25) is 4.99 Å². The molecule has 2 aliphatic heterocycles. The standard InChI is InChI=1S/C13H13NS/c1-2-5-12-10(4-1)11-7-9-15-13(11)6-3-8-14-12/h1-5,8,13H,6-7,9H2/b8-3-,11-10-,14-12-. The molecule has 0 N–H and O–H groups in total. The van der Waals surface area contributed by atoms with Gasteiger partial charge in [0.05, 0.1) is 5.36 Å². The van der Waals surface area contributed by atoms with Crippen LogP contribution in [0.15, 0.2) is 41.5 Å². The molecule has 15 heavy (non-hydrogen) atoms. The molecule has 0 radical (unpaired) electrons. The first-order valence-corrected chi connectivity index (χ1v) is 6.42. The Bertz CT molecular complexity index is 516. The van der Waals surface area contributed by atoms with Crippen LogP contribution in [0.5, 0.6) is 0 Å². The second-order valence-electron chi connectivity index (χ2n) is 3.90.